The maximum absolute atomic E-state index is 12.7. The van der Waals surface area contributed by atoms with Crippen LogP contribution >= 0.6 is 0 Å². The Morgan fingerprint density at radius 3 is 2.44 bits per heavy atom. The minimum Gasteiger partial charge on any atom is -0.494 e. The molecule has 1 amide bonds. The highest BCUT2D eigenvalue weighted by Gasteiger charge is 2.37. The van der Waals surface area contributed by atoms with Crippen molar-refractivity contribution in [3.8, 4) is 5.75 Å². The number of rotatable bonds is 6. The summed E-state index contributed by atoms with van der Waals surface area (Å²) in [6.07, 6.45) is -4.72. The summed E-state index contributed by atoms with van der Waals surface area (Å²) in [5.74, 6) is -1.07. The SMILES string of the molecule is CCOc1ccc(C(=O)NCCn2nc(C(F)(F)F)n(C)c2=O)cc1. The summed E-state index contributed by atoms with van der Waals surface area (Å²) in [4.78, 5) is 23.7. The lowest BCUT2D eigenvalue weighted by Gasteiger charge is -2.06. The summed E-state index contributed by atoms with van der Waals surface area (Å²) in [7, 11) is 0.993. The normalized spacial score (nSPS) is 11.4. The van der Waals surface area contributed by atoms with Gasteiger partial charge in [0.1, 0.15) is 5.75 Å². The smallest absolute Gasteiger partial charge is 0.451 e. The van der Waals surface area contributed by atoms with Gasteiger partial charge in [-0.25, -0.2) is 9.48 Å². The number of carbonyl (C=O) groups excluding carboxylic acids is 1. The second kappa shape index (κ2) is 7.41. The molecule has 0 saturated carbocycles. The molecule has 25 heavy (non-hydrogen) atoms. The number of halogens is 3. The van der Waals surface area contributed by atoms with Gasteiger partial charge in [-0.15, -0.1) is 5.10 Å². The number of hydrogen-bond acceptors (Lipinski definition) is 4. The molecule has 0 saturated heterocycles. The highest BCUT2D eigenvalue weighted by Crippen LogP contribution is 2.25. The van der Waals surface area contributed by atoms with Gasteiger partial charge in [0.15, 0.2) is 0 Å². The van der Waals surface area contributed by atoms with Gasteiger partial charge >= 0.3 is 11.9 Å². The van der Waals surface area contributed by atoms with E-state index in [-0.39, 0.29) is 13.1 Å². The first-order chi connectivity index (χ1) is 11.7. The molecule has 7 nitrogen and oxygen atoms in total. The van der Waals surface area contributed by atoms with Crippen LogP contribution in [0.1, 0.15) is 23.1 Å². The highest BCUT2D eigenvalue weighted by atomic mass is 19.4. The Bertz CT molecular complexity index is 794. The molecule has 1 aromatic carbocycles. The van der Waals surface area contributed by atoms with Gasteiger partial charge in [-0.3, -0.25) is 9.36 Å². The number of hydrogen-bond donors (Lipinski definition) is 1. The van der Waals surface area contributed by atoms with E-state index in [1.54, 1.807) is 24.3 Å². The summed E-state index contributed by atoms with van der Waals surface area (Å²) in [5.41, 5.74) is -0.532. The quantitative estimate of drug-likeness (QED) is 0.847. The Morgan fingerprint density at radius 1 is 1.28 bits per heavy atom. The molecule has 0 aliphatic rings. The van der Waals surface area contributed by atoms with Crippen molar-refractivity contribution in [2.75, 3.05) is 13.2 Å². The van der Waals surface area contributed by atoms with E-state index < -0.39 is 23.6 Å². The van der Waals surface area contributed by atoms with E-state index in [0.29, 0.717) is 27.2 Å². The summed E-state index contributed by atoms with van der Waals surface area (Å²) < 4.78 is 44.4. The number of alkyl halides is 3. The number of aromatic nitrogens is 3. The van der Waals surface area contributed by atoms with Gasteiger partial charge in [-0.2, -0.15) is 13.2 Å². The molecule has 2 rings (SSSR count). The molecule has 1 aromatic heterocycles. The van der Waals surface area contributed by atoms with Gasteiger partial charge in [-0.1, -0.05) is 0 Å². The second-order valence-electron chi connectivity index (χ2n) is 5.10. The second-order valence-corrected chi connectivity index (χ2v) is 5.10. The van der Waals surface area contributed by atoms with Crippen molar-refractivity contribution >= 4 is 5.91 Å². The van der Waals surface area contributed by atoms with E-state index >= 15 is 0 Å². The first-order valence-electron chi connectivity index (χ1n) is 7.46. The van der Waals surface area contributed by atoms with E-state index in [0.717, 1.165) is 7.05 Å². The number of carbonyl (C=O) groups is 1. The first-order valence-corrected chi connectivity index (χ1v) is 7.46. The van der Waals surface area contributed by atoms with Crippen LogP contribution in [0.4, 0.5) is 13.2 Å². The Balaban J connectivity index is 1.96. The number of nitrogens with one attached hydrogen (secondary N) is 1. The Kier molecular flexibility index (Phi) is 5.50. The van der Waals surface area contributed by atoms with Crippen molar-refractivity contribution in [3.63, 3.8) is 0 Å². The van der Waals surface area contributed by atoms with E-state index in [2.05, 4.69) is 10.4 Å². The fourth-order valence-corrected chi connectivity index (χ4v) is 2.13. The van der Waals surface area contributed by atoms with Crippen LogP contribution < -0.4 is 15.7 Å². The van der Waals surface area contributed by atoms with Gasteiger partial charge < -0.3 is 10.1 Å². The molecular formula is C15H17F3N4O3. The molecule has 1 heterocycles. The predicted molar refractivity (Wildman–Crippen MR) is 82.4 cm³/mol. The number of ether oxygens (including phenoxy) is 1. The molecule has 136 valence electrons. The molecule has 0 aliphatic heterocycles. The predicted octanol–water partition coefficient (Wildman–Crippen LogP) is 1.43. The highest BCUT2D eigenvalue weighted by molar-refractivity contribution is 5.94. The minimum absolute atomic E-state index is 0.0414. The molecule has 0 bridgehead atoms. The Hall–Kier alpha value is -2.78. The lowest BCUT2D eigenvalue weighted by molar-refractivity contribution is -0.147. The molecule has 0 atom stereocenters. The lowest BCUT2D eigenvalue weighted by Crippen LogP contribution is -2.31. The van der Waals surface area contributed by atoms with Gasteiger partial charge in [0.05, 0.1) is 13.2 Å². The van der Waals surface area contributed by atoms with Crippen LogP contribution in [0.5, 0.6) is 5.75 Å². The van der Waals surface area contributed by atoms with Crippen molar-refractivity contribution in [2.45, 2.75) is 19.6 Å². The maximum Gasteiger partial charge on any atom is 0.451 e. The van der Waals surface area contributed by atoms with E-state index in [1.165, 1.54) is 0 Å². The number of nitrogens with zero attached hydrogens (tertiary/aromatic N) is 3. The zero-order valence-electron chi connectivity index (χ0n) is 13.6. The topological polar surface area (TPSA) is 78.2 Å². The van der Waals surface area contributed by atoms with E-state index in [1.807, 2.05) is 6.92 Å². The fraction of sp³-hybridized carbons (Fsp3) is 0.400. The van der Waals surface area contributed by atoms with Crippen LogP contribution in [0.3, 0.4) is 0 Å². The van der Waals surface area contributed by atoms with E-state index in [4.69, 9.17) is 4.74 Å². The summed E-state index contributed by atoms with van der Waals surface area (Å²) in [6, 6.07) is 6.40. The van der Waals surface area contributed by atoms with Crippen LogP contribution in [0.2, 0.25) is 0 Å². The van der Waals surface area contributed by atoms with Crippen LogP contribution in [0.15, 0.2) is 29.1 Å². The first kappa shape index (κ1) is 18.6. The van der Waals surface area contributed by atoms with Crippen LogP contribution in [-0.4, -0.2) is 33.4 Å². The Labute approximate surface area is 141 Å². The van der Waals surface area contributed by atoms with Crippen LogP contribution in [0, 0.1) is 0 Å². The zero-order valence-corrected chi connectivity index (χ0v) is 13.6. The molecule has 10 heteroatoms. The third-order valence-corrected chi connectivity index (χ3v) is 3.33. The number of benzene rings is 1. The third-order valence-electron chi connectivity index (χ3n) is 3.33. The number of amides is 1. The summed E-state index contributed by atoms with van der Waals surface area (Å²) in [6.45, 7) is 2.13. The standard InChI is InChI=1S/C15H17F3N4O3/c1-3-25-11-6-4-10(5-7-11)12(23)19-8-9-22-14(24)21(2)13(20-22)15(16,17)18/h4-7H,3,8-9H2,1-2H3,(H,19,23). The molecule has 0 aliphatic carbocycles. The lowest BCUT2D eigenvalue weighted by atomic mass is 10.2. The fourth-order valence-electron chi connectivity index (χ4n) is 2.13. The van der Waals surface area contributed by atoms with Gasteiger partial charge in [-0.05, 0) is 31.2 Å². The molecule has 0 spiro atoms. The summed E-state index contributed by atoms with van der Waals surface area (Å²) >= 11 is 0. The largest absolute Gasteiger partial charge is 0.494 e. The third kappa shape index (κ3) is 4.40. The summed E-state index contributed by atoms with van der Waals surface area (Å²) in [5, 5.41) is 5.78. The van der Waals surface area contributed by atoms with Gasteiger partial charge in [0.25, 0.3) is 5.91 Å². The van der Waals surface area contributed by atoms with Crippen molar-refractivity contribution in [3.05, 3.63) is 46.1 Å². The van der Waals surface area contributed by atoms with Crippen molar-refractivity contribution < 1.29 is 22.7 Å². The zero-order chi connectivity index (χ0) is 18.6. The molecule has 0 radical (unpaired) electrons. The average molecular weight is 358 g/mol. The molecule has 0 fully saturated rings. The molecule has 2 aromatic rings. The van der Waals surface area contributed by atoms with Crippen molar-refractivity contribution in [1.29, 1.82) is 0 Å². The minimum atomic E-state index is -4.72. The van der Waals surface area contributed by atoms with Crippen molar-refractivity contribution in [2.24, 2.45) is 7.05 Å². The van der Waals surface area contributed by atoms with Crippen molar-refractivity contribution in [1.82, 2.24) is 19.7 Å². The molecular weight excluding hydrogens is 341 g/mol. The van der Waals surface area contributed by atoms with Crippen LogP contribution in [0.25, 0.3) is 0 Å². The van der Waals surface area contributed by atoms with E-state index in [9.17, 15) is 22.8 Å². The molecule has 0 unspecified atom stereocenters. The molecule has 1 N–H and O–H groups in total. The Morgan fingerprint density at radius 2 is 1.92 bits per heavy atom. The van der Waals surface area contributed by atoms with Gasteiger partial charge in [0.2, 0.25) is 5.82 Å². The van der Waals surface area contributed by atoms with Gasteiger partial charge in [0, 0.05) is 19.2 Å². The average Bonchev–Trinajstić information content (AvgIpc) is 2.84. The monoisotopic (exact) mass is 358 g/mol. The van der Waals surface area contributed by atoms with Crippen LogP contribution in [-0.2, 0) is 19.8 Å². The maximum atomic E-state index is 12.7.